The van der Waals surface area contributed by atoms with E-state index in [1.54, 1.807) is 12.1 Å². The van der Waals surface area contributed by atoms with E-state index in [1.165, 1.54) is 11.6 Å². The molecule has 0 spiro atoms. The van der Waals surface area contributed by atoms with Crippen LogP contribution in [0.4, 0.5) is 10.2 Å². The molecule has 0 saturated carbocycles. The Labute approximate surface area is 221 Å². The van der Waals surface area contributed by atoms with Gasteiger partial charge in [0.2, 0.25) is 5.91 Å². The number of hydrogen-bond donors (Lipinski definition) is 1. The maximum absolute atomic E-state index is 13.9. The fourth-order valence-electron chi connectivity index (χ4n) is 5.24. The van der Waals surface area contributed by atoms with Crippen LogP contribution < -0.4 is 5.32 Å². The lowest BCUT2D eigenvalue weighted by atomic mass is 9.91. The number of nitrogens with zero attached hydrogens (tertiary/aromatic N) is 2. The predicted octanol–water partition coefficient (Wildman–Crippen LogP) is 6.89. The molecule has 1 N–H and O–H groups in total. The summed E-state index contributed by atoms with van der Waals surface area (Å²) in [4.78, 5) is 23.1. The highest BCUT2D eigenvalue weighted by Gasteiger charge is 2.23. The number of aromatic nitrogens is 2. The van der Waals surface area contributed by atoms with Crippen LogP contribution in [-0.2, 0) is 36.9 Å². The van der Waals surface area contributed by atoms with E-state index in [0.717, 1.165) is 57.4 Å². The van der Waals surface area contributed by atoms with E-state index in [2.05, 4.69) is 35.6 Å². The molecule has 5 aromatic rings. The molecule has 1 aliphatic carbocycles. The molecule has 1 aromatic heterocycles. The highest BCUT2D eigenvalue weighted by Crippen LogP contribution is 2.33. The topological polar surface area (TPSA) is 54.9 Å². The molecule has 0 aliphatic heterocycles. The minimum Gasteiger partial charge on any atom is -0.309 e. The number of anilines is 1. The van der Waals surface area contributed by atoms with Crippen LogP contribution in [0.1, 0.15) is 34.5 Å². The summed E-state index contributed by atoms with van der Waals surface area (Å²) >= 11 is 0. The largest absolute Gasteiger partial charge is 0.309 e. The van der Waals surface area contributed by atoms with E-state index < -0.39 is 0 Å². The molecule has 0 fully saturated rings. The van der Waals surface area contributed by atoms with Crippen molar-refractivity contribution in [3.05, 3.63) is 125 Å². The Morgan fingerprint density at radius 3 is 2.47 bits per heavy atom. The van der Waals surface area contributed by atoms with Gasteiger partial charge in [0, 0.05) is 5.56 Å². The molecule has 38 heavy (non-hydrogen) atoms. The zero-order valence-electron chi connectivity index (χ0n) is 21.1. The predicted molar refractivity (Wildman–Crippen MR) is 150 cm³/mol. The Balaban J connectivity index is 1.27. The summed E-state index contributed by atoms with van der Waals surface area (Å²) < 4.78 is 13.9. The number of amides is 1. The van der Waals surface area contributed by atoms with Crippen LogP contribution in [0, 0.1) is 5.82 Å². The molecule has 5 heteroatoms. The molecule has 6 rings (SSSR count). The molecule has 1 aliphatic rings. The molecular weight excluding hydrogens is 473 g/mol. The Hall–Kier alpha value is -4.38. The zero-order valence-corrected chi connectivity index (χ0v) is 21.1. The average molecular weight is 502 g/mol. The Bertz CT molecular complexity index is 1630. The first-order chi connectivity index (χ1) is 18.6. The molecule has 0 saturated heterocycles. The average Bonchev–Trinajstić information content (AvgIpc) is 2.93. The lowest BCUT2D eigenvalue weighted by Gasteiger charge is -2.21. The maximum Gasteiger partial charge on any atom is 0.229 e. The van der Waals surface area contributed by atoms with Gasteiger partial charge in [-0.15, -0.1) is 0 Å². The summed E-state index contributed by atoms with van der Waals surface area (Å²) in [5.74, 6) is 0.186. The van der Waals surface area contributed by atoms with Crippen LogP contribution in [0.5, 0.6) is 0 Å². The molecule has 1 heterocycles. The van der Waals surface area contributed by atoms with Gasteiger partial charge < -0.3 is 5.32 Å². The number of fused-ring (bicyclic) bond motifs is 4. The van der Waals surface area contributed by atoms with E-state index >= 15 is 0 Å². The second-order valence-electron chi connectivity index (χ2n) is 9.86. The number of carbonyl (C=O) groups is 1. The van der Waals surface area contributed by atoms with Crippen molar-refractivity contribution in [2.24, 2.45) is 0 Å². The number of rotatable bonds is 7. The second kappa shape index (κ2) is 10.5. The van der Waals surface area contributed by atoms with Crippen LogP contribution in [-0.4, -0.2) is 15.9 Å². The lowest BCUT2D eigenvalue weighted by Crippen LogP contribution is -2.20. The highest BCUT2D eigenvalue weighted by molar-refractivity contribution is 5.93. The molecule has 0 bridgehead atoms. The van der Waals surface area contributed by atoms with E-state index in [9.17, 15) is 9.18 Å². The Kier molecular flexibility index (Phi) is 6.65. The zero-order chi connectivity index (χ0) is 25.9. The van der Waals surface area contributed by atoms with Gasteiger partial charge in [-0.1, -0.05) is 72.8 Å². The van der Waals surface area contributed by atoms with Crippen molar-refractivity contribution in [3.8, 4) is 11.3 Å². The van der Waals surface area contributed by atoms with E-state index in [4.69, 9.17) is 9.97 Å². The summed E-state index contributed by atoms with van der Waals surface area (Å²) in [7, 11) is 0. The summed E-state index contributed by atoms with van der Waals surface area (Å²) in [6.45, 7) is 0. The number of benzene rings is 4. The molecule has 4 nitrogen and oxygen atoms in total. The van der Waals surface area contributed by atoms with Crippen LogP contribution in [0.2, 0.25) is 0 Å². The summed E-state index contributed by atoms with van der Waals surface area (Å²) in [5.41, 5.74) is 6.51. The van der Waals surface area contributed by atoms with Crippen LogP contribution in [0.25, 0.3) is 22.0 Å². The van der Waals surface area contributed by atoms with E-state index in [-0.39, 0.29) is 18.1 Å². The third-order valence-electron chi connectivity index (χ3n) is 7.15. The van der Waals surface area contributed by atoms with Crippen molar-refractivity contribution in [1.82, 2.24) is 9.97 Å². The van der Waals surface area contributed by atoms with Crippen molar-refractivity contribution in [1.29, 1.82) is 0 Å². The van der Waals surface area contributed by atoms with Crippen LogP contribution >= 0.6 is 0 Å². The van der Waals surface area contributed by atoms with Crippen molar-refractivity contribution < 1.29 is 9.18 Å². The van der Waals surface area contributed by atoms with Gasteiger partial charge in [0.05, 0.1) is 23.5 Å². The number of hydrogen-bond acceptors (Lipinski definition) is 3. The fraction of sp³-hybridized carbons (Fsp3) is 0.182. The first kappa shape index (κ1) is 24.0. The quantitative estimate of drug-likeness (QED) is 0.264. The second-order valence-corrected chi connectivity index (χ2v) is 9.86. The minimum atomic E-state index is -0.235. The Morgan fingerprint density at radius 2 is 1.61 bits per heavy atom. The number of aryl methyl sites for hydroxylation is 4. The van der Waals surface area contributed by atoms with Gasteiger partial charge >= 0.3 is 0 Å². The van der Waals surface area contributed by atoms with Crippen molar-refractivity contribution in [2.45, 2.75) is 38.5 Å². The van der Waals surface area contributed by atoms with Gasteiger partial charge in [-0.3, -0.25) is 4.79 Å². The SMILES string of the molecule is O=C(Cc1ccc2ccccc2c1)Nc1nc2c(nc1CCCc1ccccc1)-c1ccc(F)cc1CC2. The molecule has 0 unspecified atom stereocenters. The van der Waals surface area contributed by atoms with Crippen molar-refractivity contribution in [2.75, 3.05) is 5.32 Å². The van der Waals surface area contributed by atoms with Gasteiger partial charge in [-0.25, -0.2) is 14.4 Å². The van der Waals surface area contributed by atoms with Gasteiger partial charge in [0.1, 0.15) is 5.82 Å². The summed E-state index contributed by atoms with van der Waals surface area (Å²) in [6.07, 6.45) is 4.09. The van der Waals surface area contributed by atoms with Crippen LogP contribution in [0.3, 0.4) is 0 Å². The van der Waals surface area contributed by atoms with Gasteiger partial charge in [0.25, 0.3) is 0 Å². The number of nitrogens with one attached hydrogen (secondary N) is 1. The highest BCUT2D eigenvalue weighted by atomic mass is 19.1. The molecule has 0 radical (unpaired) electrons. The third kappa shape index (κ3) is 5.18. The summed E-state index contributed by atoms with van der Waals surface area (Å²) in [5, 5.41) is 5.33. The fourth-order valence-corrected chi connectivity index (χ4v) is 5.24. The van der Waals surface area contributed by atoms with E-state index in [0.29, 0.717) is 25.1 Å². The van der Waals surface area contributed by atoms with E-state index in [1.807, 2.05) is 42.5 Å². The Morgan fingerprint density at radius 1 is 0.789 bits per heavy atom. The normalized spacial score (nSPS) is 12.1. The molecular formula is C33H28FN3O. The van der Waals surface area contributed by atoms with Crippen molar-refractivity contribution in [3.63, 3.8) is 0 Å². The minimum absolute atomic E-state index is 0.114. The number of carbonyl (C=O) groups excluding carboxylic acids is 1. The lowest BCUT2D eigenvalue weighted by molar-refractivity contribution is -0.115. The van der Waals surface area contributed by atoms with Gasteiger partial charge in [0.15, 0.2) is 5.82 Å². The monoisotopic (exact) mass is 501 g/mol. The smallest absolute Gasteiger partial charge is 0.229 e. The van der Waals surface area contributed by atoms with Gasteiger partial charge in [-0.05, 0) is 77.8 Å². The third-order valence-corrected chi connectivity index (χ3v) is 7.15. The maximum atomic E-state index is 13.9. The molecule has 0 atom stereocenters. The molecule has 1 amide bonds. The first-order valence-corrected chi connectivity index (χ1v) is 13.1. The molecule has 188 valence electrons. The van der Waals surface area contributed by atoms with Crippen molar-refractivity contribution >= 4 is 22.5 Å². The number of halogens is 1. The summed E-state index contributed by atoms with van der Waals surface area (Å²) in [6, 6.07) is 29.4. The molecule has 4 aromatic carbocycles. The standard InChI is InChI=1S/C33H28FN3O/c34-27-16-17-28-26(21-27)15-18-29-32(28)35-30(12-6-9-22-7-2-1-3-8-22)33(36-29)37-31(38)20-23-13-14-24-10-4-5-11-25(24)19-23/h1-5,7-8,10-11,13-14,16-17,19,21H,6,9,12,15,18,20H2,(H,36,37,38). The van der Waals surface area contributed by atoms with Gasteiger partial charge in [-0.2, -0.15) is 0 Å². The van der Waals surface area contributed by atoms with Crippen LogP contribution in [0.15, 0.2) is 91.0 Å². The first-order valence-electron chi connectivity index (χ1n) is 13.1.